The zero-order chi connectivity index (χ0) is 17.7. The molecule has 0 aliphatic rings. The van der Waals surface area contributed by atoms with Crippen LogP contribution in [0.3, 0.4) is 0 Å². The Balaban J connectivity index is 4.37. The summed E-state index contributed by atoms with van der Waals surface area (Å²) >= 11 is 0. The van der Waals surface area contributed by atoms with E-state index in [9.17, 15) is 0 Å². The molecule has 0 aromatic heterocycles. The van der Waals surface area contributed by atoms with Gasteiger partial charge in [-0.2, -0.15) is 0 Å². The molecule has 136 valence electrons. The minimum absolute atomic E-state index is 0.731. The Labute approximate surface area is 144 Å². The lowest BCUT2D eigenvalue weighted by atomic mass is 10.3. The van der Waals surface area contributed by atoms with Crippen molar-refractivity contribution in [2.45, 2.75) is 53.6 Å². The third-order valence-electron chi connectivity index (χ3n) is 3.68. The summed E-state index contributed by atoms with van der Waals surface area (Å²) in [7, 11) is -0.195. The van der Waals surface area contributed by atoms with E-state index in [0.717, 1.165) is 63.2 Å². The molecule has 23 heavy (non-hydrogen) atoms. The van der Waals surface area contributed by atoms with Gasteiger partial charge in [-0.15, -0.1) is 0 Å². The molecule has 0 saturated carbocycles. The van der Waals surface area contributed by atoms with Crippen LogP contribution in [0.5, 0.6) is 0 Å². The Kier molecular flexibility index (Phi) is 12.5. The summed E-state index contributed by atoms with van der Waals surface area (Å²) in [6, 6.07) is 1.03. The van der Waals surface area contributed by atoms with Gasteiger partial charge in [0.2, 0.25) is 0 Å². The fourth-order valence-electron chi connectivity index (χ4n) is 2.33. The highest BCUT2D eigenvalue weighted by Gasteiger charge is 2.29. The minimum Gasteiger partial charge on any atom is -0.398 e. The van der Waals surface area contributed by atoms with Crippen LogP contribution in [0.15, 0.2) is 9.98 Å². The smallest absolute Gasteiger partial charge is 0.334 e. The summed E-state index contributed by atoms with van der Waals surface area (Å²) in [5, 5.41) is 0. The summed E-state index contributed by atoms with van der Waals surface area (Å²) in [6.45, 7) is 17.9. The predicted molar refractivity (Wildman–Crippen MR) is 103 cm³/mol. The van der Waals surface area contributed by atoms with E-state index in [0.29, 0.717) is 0 Å². The highest BCUT2D eigenvalue weighted by molar-refractivity contribution is 6.65. The molecule has 1 unspecified atom stereocenters. The molecule has 0 fully saturated rings. The molecule has 0 saturated heterocycles. The SMILES string of the molecule is CCO[Si](C)(CCCN(CCN=C(C)C)CCN=C(C)C)OC. The second-order valence-corrected chi connectivity index (χ2v) is 9.84. The summed E-state index contributed by atoms with van der Waals surface area (Å²) in [5.41, 5.74) is 2.28. The van der Waals surface area contributed by atoms with Crippen LogP contribution in [-0.4, -0.2) is 71.3 Å². The second kappa shape index (κ2) is 12.8. The maximum absolute atomic E-state index is 5.84. The number of rotatable bonds is 13. The first-order chi connectivity index (χ1) is 10.8. The Morgan fingerprint density at radius 1 is 0.957 bits per heavy atom. The fraction of sp³-hybridized carbons (Fsp3) is 0.882. The van der Waals surface area contributed by atoms with E-state index in [2.05, 4.69) is 21.4 Å². The largest absolute Gasteiger partial charge is 0.398 e. The van der Waals surface area contributed by atoms with Gasteiger partial charge in [0.1, 0.15) is 0 Å². The summed E-state index contributed by atoms with van der Waals surface area (Å²) in [4.78, 5) is 11.5. The molecule has 0 aromatic carbocycles. The van der Waals surface area contributed by atoms with Crippen molar-refractivity contribution in [3.63, 3.8) is 0 Å². The highest BCUT2D eigenvalue weighted by Crippen LogP contribution is 2.15. The van der Waals surface area contributed by atoms with Crippen LogP contribution in [0.25, 0.3) is 0 Å². The number of hydrogen-bond donors (Lipinski definition) is 0. The van der Waals surface area contributed by atoms with E-state index in [1.807, 2.05) is 34.6 Å². The first-order valence-electron chi connectivity index (χ1n) is 8.69. The van der Waals surface area contributed by atoms with Gasteiger partial charge in [-0.25, -0.2) is 0 Å². The number of aliphatic imine (C=N–C) groups is 2. The van der Waals surface area contributed by atoms with E-state index < -0.39 is 8.56 Å². The molecule has 0 aliphatic heterocycles. The van der Waals surface area contributed by atoms with Gasteiger partial charge in [0, 0.05) is 38.2 Å². The third kappa shape index (κ3) is 12.5. The van der Waals surface area contributed by atoms with Gasteiger partial charge in [0.25, 0.3) is 0 Å². The molecule has 0 radical (unpaired) electrons. The van der Waals surface area contributed by atoms with Crippen LogP contribution in [0.1, 0.15) is 41.0 Å². The molecule has 0 rings (SSSR count). The average Bonchev–Trinajstić information content (AvgIpc) is 2.46. The Morgan fingerprint density at radius 2 is 1.48 bits per heavy atom. The monoisotopic (exact) mass is 343 g/mol. The van der Waals surface area contributed by atoms with Crippen LogP contribution in [-0.2, 0) is 8.85 Å². The van der Waals surface area contributed by atoms with Crippen molar-refractivity contribution in [3.05, 3.63) is 0 Å². The first-order valence-corrected chi connectivity index (χ1v) is 11.2. The minimum atomic E-state index is -1.97. The average molecular weight is 344 g/mol. The van der Waals surface area contributed by atoms with Crippen LogP contribution in [0, 0.1) is 0 Å². The molecule has 0 amide bonds. The predicted octanol–water partition coefficient (Wildman–Crippen LogP) is 3.40. The number of nitrogens with zero attached hydrogens (tertiary/aromatic N) is 3. The van der Waals surface area contributed by atoms with Crippen molar-refractivity contribution in [2.75, 3.05) is 46.4 Å². The van der Waals surface area contributed by atoms with Gasteiger partial charge in [0.15, 0.2) is 0 Å². The quantitative estimate of drug-likeness (QED) is 0.380. The lowest BCUT2D eigenvalue weighted by Crippen LogP contribution is -2.39. The molecule has 6 heteroatoms. The molecule has 1 atom stereocenters. The second-order valence-electron chi connectivity index (χ2n) is 6.37. The standard InChI is InChI=1S/C17H37N3O2Si/c1-8-22-23(7,21-6)15-9-12-20(13-10-18-16(2)3)14-11-19-17(4)5/h8-15H2,1-7H3. The van der Waals surface area contributed by atoms with Crippen molar-refractivity contribution in [1.29, 1.82) is 0 Å². The fourth-order valence-corrected chi connectivity index (χ4v) is 4.21. The summed E-state index contributed by atoms with van der Waals surface area (Å²) in [6.07, 6.45) is 1.10. The Morgan fingerprint density at radius 3 is 1.87 bits per heavy atom. The zero-order valence-electron chi connectivity index (χ0n) is 16.3. The molecular weight excluding hydrogens is 306 g/mol. The van der Waals surface area contributed by atoms with E-state index in [-0.39, 0.29) is 0 Å². The Hall–Kier alpha value is -0.563. The lowest BCUT2D eigenvalue weighted by molar-refractivity contribution is 0.210. The molecule has 0 bridgehead atoms. The van der Waals surface area contributed by atoms with Crippen LogP contribution in [0.2, 0.25) is 12.6 Å². The van der Waals surface area contributed by atoms with Crippen molar-refractivity contribution in [1.82, 2.24) is 4.90 Å². The van der Waals surface area contributed by atoms with Crippen molar-refractivity contribution in [3.8, 4) is 0 Å². The first kappa shape index (κ1) is 22.4. The van der Waals surface area contributed by atoms with Gasteiger partial charge in [0.05, 0.1) is 13.1 Å². The molecule has 5 nitrogen and oxygen atoms in total. The van der Waals surface area contributed by atoms with Gasteiger partial charge < -0.3 is 8.85 Å². The molecular formula is C17H37N3O2Si. The van der Waals surface area contributed by atoms with Crippen molar-refractivity contribution in [2.24, 2.45) is 9.98 Å². The van der Waals surface area contributed by atoms with Gasteiger partial charge in [-0.1, -0.05) is 0 Å². The van der Waals surface area contributed by atoms with Crippen LogP contribution >= 0.6 is 0 Å². The van der Waals surface area contributed by atoms with Crippen LogP contribution in [0.4, 0.5) is 0 Å². The van der Waals surface area contributed by atoms with E-state index in [1.165, 1.54) is 0 Å². The lowest BCUT2D eigenvalue weighted by Gasteiger charge is -2.26. The molecule has 0 aromatic rings. The van der Waals surface area contributed by atoms with E-state index >= 15 is 0 Å². The van der Waals surface area contributed by atoms with E-state index in [4.69, 9.17) is 8.85 Å². The summed E-state index contributed by atoms with van der Waals surface area (Å²) in [5.74, 6) is 0. The third-order valence-corrected chi connectivity index (χ3v) is 6.70. The maximum Gasteiger partial charge on any atom is 0.334 e. The van der Waals surface area contributed by atoms with E-state index in [1.54, 1.807) is 7.11 Å². The van der Waals surface area contributed by atoms with Gasteiger partial charge in [-0.05, 0) is 60.2 Å². The maximum atomic E-state index is 5.84. The van der Waals surface area contributed by atoms with Crippen LogP contribution < -0.4 is 0 Å². The van der Waals surface area contributed by atoms with Gasteiger partial charge >= 0.3 is 8.56 Å². The highest BCUT2D eigenvalue weighted by atomic mass is 28.4. The summed E-state index contributed by atoms with van der Waals surface area (Å²) < 4.78 is 11.5. The van der Waals surface area contributed by atoms with Crippen molar-refractivity contribution >= 4 is 20.0 Å². The molecule has 0 N–H and O–H groups in total. The van der Waals surface area contributed by atoms with Crippen molar-refractivity contribution < 1.29 is 8.85 Å². The van der Waals surface area contributed by atoms with Gasteiger partial charge in [-0.3, -0.25) is 14.9 Å². The topological polar surface area (TPSA) is 46.4 Å². The number of hydrogen-bond acceptors (Lipinski definition) is 5. The molecule has 0 spiro atoms. The normalized spacial score (nSPS) is 13.7. The zero-order valence-corrected chi connectivity index (χ0v) is 17.3. The molecule has 0 heterocycles. The Bertz CT molecular complexity index is 345. The molecule has 0 aliphatic carbocycles.